The summed E-state index contributed by atoms with van der Waals surface area (Å²) >= 11 is 2.03. The molecule has 0 aliphatic carbocycles. The Morgan fingerprint density at radius 1 is 0.951 bits per heavy atom. The fourth-order valence-corrected chi connectivity index (χ4v) is 4.68. The Morgan fingerprint density at radius 2 is 1.66 bits per heavy atom. The summed E-state index contributed by atoms with van der Waals surface area (Å²) < 4.78 is 17.0. The molecule has 0 unspecified atom stereocenters. The van der Waals surface area contributed by atoms with Gasteiger partial charge in [-0.2, -0.15) is 0 Å². The van der Waals surface area contributed by atoms with Crippen molar-refractivity contribution in [1.29, 1.82) is 0 Å². The van der Waals surface area contributed by atoms with E-state index in [2.05, 4.69) is 16.0 Å². The molecule has 3 aromatic carbocycles. The highest BCUT2D eigenvalue weighted by Crippen LogP contribution is 2.35. The monoisotopic (exact) mass is 670 g/mol. The lowest BCUT2D eigenvalue weighted by Gasteiger charge is -2.14. The number of ether oxygens (including phenoxy) is 3. The number of imide groups is 1. The van der Waals surface area contributed by atoms with E-state index in [0.717, 1.165) is 10.5 Å². The van der Waals surface area contributed by atoms with Gasteiger partial charge >= 0.3 is 6.03 Å². The number of carbonyl (C=O) groups excluding carboxylic acids is 4. The number of hydrogen-bond acceptors (Lipinski definition) is 7. The van der Waals surface area contributed by atoms with E-state index < -0.39 is 24.4 Å². The van der Waals surface area contributed by atoms with Crippen molar-refractivity contribution in [3.63, 3.8) is 0 Å². The summed E-state index contributed by atoms with van der Waals surface area (Å²) in [6.45, 7) is 1.22. The zero-order valence-electron chi connectivity index (χ0n) is 22.4. The van der Waals surface area contributed by atoms with Gasteiger partial charge in [0, 0.05) is 5.69 Å². The van der Waals surface area contributed by atoms with Crippen LogP contribution in [-0.4, -0.2) is 56.0 Å². The van der Waals surface area contributed by atoms with E-state index in [1.165, 1.54) is 20.3 Å². The van der Waals surface area contributed by atoms with Crippen LogP contribution in [0.4, 0.5) is 16.2 Å². The molecule has 0 saturated carbocycles. The maximum Gasteiger partial charge on any atom is 0.329 e. The molecule has 3 aromatic rings. The molecule has 4 rings (SSSR count). The van der Waals surface area contributed by atoms with Gasteiger partial charge in [0.15, 0.2) is 18.1 Å². The summed E-state index contributed by atoms with van der Waals surface area (Å²) in [7, 11) is 2.92. The van der Waals surface area contributed by atoms with Gasteiger partial charge in [0.1, 0.15) is 18.0 Å². The first-order valence-corrected chi connectivity index (χ1v) is 13.4. The van der Waals surface area contributed by atoms with E-state index in [4.69, 9.17) is 14.2 Å². The van der Waals surface area contributed by atoms with Gasteiger partial charge in [0.05, 0.1) is 23.5 Å². The fourth-order valence-electron chi connectivity index (χ4n) is 3.90. The number of nitrogens with zero attached hydrogens (tertiary/aromatic N) is 1. The van der Waals surface area contributed by atoms with Crippen molar-refractivity contribution in [2.45, 2.75) is 6.92 Å². The zero-order chi connectivity index (χ0) is 29.5. The molecule has 3 N–H and O–H groups in total. The Kier molecular flexibility index (Phi) is 9.45. The van der Waals surface area contributed by atoms with Gasteiger partial charge in [0.25, 0.3) is 11.8 Å². The number of anilines is 2. The predicted molar refractivity (Wildman–Crippen MR) is 161 cm³/mol. The molecule has 5 amide bonds. The van der Waals surface area contributed by atoms with Crippen LogP contribution in [0.25, 0.3) is 6.08 Å². The van der Waals surface area contributed by atoms with Gasteiger partial charge in [-0.25, -0.2) is 9.69 Å². The molecular formula is C29H27IN4O7. The van der Waals surface area contributed by atoms with Crippen molar-refractivity contribution in [2.75, 3.05) is 38.0 Å². The van der Waals surface area contributed by atoms with E-state index in [1.54, 1.807) is 48.5 Å². The number of para-hydroxylation sites is 2. The van der Waals surface area contributed by atoms with Crippen molar-refractivity contribution < 1.29 is 33.4 Å². The number of aryl methyl sites for hydroxylation is 1. The lowest BCUT2D eigenvalue weighted by atomic mass is 10.1. The average molecular weight is 670 g/mol. The van der Waals surface area contributed by atoms with Crippen LogP contribution in [0.1, 0.15) is 11.1 Å². The standard InChI is InChI=1S/C29H27IN4O7/c1-17-8-10-19(11-9-17)31-26(36)16-41-27-20(30)12-18(14-24(27)40-3)13-22-28(37)34(29(38)33-22)15-25(35)32-21-6-4-5-7-23(21)39-2/h4-14H,15-16H2,1-3H3,(H,31,36)(H,32,35)(H,33,38)/b22-13+. The molecule has 0 atom stereocenters. The lowest BCUT2D eigenvalue weighted by molar-refractivity contribution is -0.127. The van der Waals surface area contributed by atoms with Crippen LogP contribution in [-0.2, 0) is 14.4 Å². The molecule has 1 fully saturated rings. The van der Waals surface area contributed by atoms with Gasteiger partial charge in [0.2, 0.25) is 5.91 Å². The van der Waals surface area contributed by atoms with E-state index in [9.17, 15) is 19.2 Å². The van der Waals surface area contributed by atoms with E-state index in [1.807, 2.05) is 41.6 Å². The highest BCUT2D eigenvalue weighted by atomic mass is 127. The summed E-state index contributed by atoms with van der Waals surface area (Å²) in [5.74, 6) is -0.438. The second kappa shape index (κ2) is 13.2. The molecule has 11 nitrogen and oxygen atoms in total. The Morgan fingerprint density at radius 3 is 2.37 bits per heavy atom. The number of rotatable bonds is 10. The molecule has 1 saturated heterocycles. The third-order valence-corrected chi connectivity index (χ3v) is 6.69. The Balaban J connectivity index is 1.42. The third kappa shape index (κ3) is 7.33. The smallest absolute Gasteiger partial charge is 0.329 e. The van der Waals surface area contributed by atoms with Crippen molar-refractivity contribution >= 4 is 63.8 Å². The van der Waals surface area contributed by atoms with Crippen LogP contribution in [0.15, 0.2) is 66.4 Å². The minimum absolute atomic E-state index is 0.0101. The first-order valence-electron chi connectivity index (χ1n) is 12.3. The molecule has 1 aliphatic rings. The number of hydrogen-bond donors (Lipinski definition) is 3. The topological polar surface area (TPSA) is 135 Å². The number of halogens is 1. The van der Waals surface area contributed by atoms with Crippen LogP contribution >= 0.6 is 22.6 Å². The van der Waals surface area contributed by atoms with E-state index in [-0.39, 0.29) is 18.2 Å². The Labute approximate surface area is 250 Å². The fraction of sp³-hybridized carbons (Fsp3) is 0.172. The van der Waals surface area contributed by atoms with Gasteiger partial charge in [-0.1, -0.05) is 29.8 Å². The quantitative estimate of drug-likeness (QED) is 0.168. The summed E-state index contributed by atoms with van der Waals surface area (Å²) in [5.41, 5.74) is 2.67. The number of methoxy groups -OCH3 is 2. The Bertz CT molecular complexity index is 1520. The molecule has 0 bridgehead atoms. The molecule has 41 heavy (non-hydrogen) atoms. The summed E-state index contributed by atoms with van der Waals surface area (Å²) in [6, 6.07) is 16.8. The molecule has 0 radical (unpaired) electrons. The van der Waals surface area contributed by atoms with Crippen LogP contribution < -0.4 is 30.2 Å². The highest BCUT2D eigenvalue weighted by molar-refractivity contribution is 14.1. The van der Waals surface area contributed by atoms with Crippen molar-refractivity contribution in [1.82, 2.24) is 10.2 Å². The molecule has 1 heterocycles. The molecule has 1 aliphatic heterocycles. The first kappa shape index (κ1) is 29.4. The number of amides is 5. The largest absolute Gasteiger partial charge is 0.495 e. The lowest BCUT2D eigenvalue weighted by Crippen LogP contribution is -2.38. The number of carbonyl (C=O) groups is 4. The van der Waals surface area contributed by atoms with Gasteiger partial charge in [-0.3, -0.25) is 14.4 Å². The maximum atomic E-state index is 13.0. The minimum Gasteiger partial charge on any atom is -0.495 e. The minimum atomic E-state index is -0.724. The van der Waals surface area contributed by atoms with E-state index in [0.29, 0.717) is 37.8 Å². The maximum absolute atomic E-state index is 13.0. The first-order chi connectivity index (χ1) is 19.7. The van der Waals surface area contributed by atoms with Crippen molar-refractivity contribution in [3.8, 4) is 17.2 Å². The second-order valence-electron chi connectivity index (χ2n) is 8.86. The number of benzene rings is 3. The second-order valence-corrected chi connectivity index (χ2v) is 10.0. The van der Waals surface area contributed by atoms with Gasteiger partial charge in [-0.05, 0) is 77.6 Å². The SMILES string of the molecule is COc1ccccc1NC(=O)CN1C(=O)N/C(=C/c2cc(I)c(OCC(=O)Nc3ccc(C)cc3)c(OC)c2)C1=O. The average Bonchev–Trinajstić information content (AvgIpc) is 3.20. The van der Waals surface area contributed by atoms with Crippen molar-refractivity contribution in [2.24, 2.45) is 0 Å². The van der Waals surface area contributed by atoms with Crippen molar-refractivity contribution in [3.05, 3.63) is 81.1 Å². The molecule has 12 heteroatoms. The predicted octanol–water partition coefficient (Wildman–Crippen LogP) is 4.17. The van der Waals surface area contributed by atoms with Crippen LogP contribution in [0, 0.1) is 10.5 Å². The number of nitrogens with one attached hydrogen (secondary N) is 3. The molecule has 0 aromatic heterocycles. The summed E-state index contributed by atoms with van der Waals surface area (Å²) in [4.78, 5) is 51.2. The normalized spacial score (nSPS) is 13.6. The molecular weight excluding hydrogens is 643 g/mol. The summed E-state index contributed by atoms with van der Waals surface area (Å²) in [6.07, 6.45) is 1.47. The third-order valence-electron chi connectivity index (χ3n) is 5.89. The van der Waals surface area contributed by atoms with Crippen LogP contribution in [0.5, 0.6) is 17.2 Å². The van der Waals surface area contributed by atoms with E-state index >= 15 is 0 Å². The van der Waals surface area contributed by atoms with Gasteiger partial charge in [-0.15, -0.1) is 0 Å². The highest BCUT2D eigenvalue weighted by Gasteiger charge is 2.35. The molecule has 0 spiro atoms. The molecule has 212 valence electrons. The Hall–Kier alpha value is -4.59. The zero-order valence-corrected chi connectivity index (χ0v) is 24.6. The van der Waals surface area contributed by atoms with Crippen LogP contribution in [0.2, 0.25) is 0 Å². The van der Waals surface area contributed by atoms with Gasteiger partial charge < -0.3 is 30.2 Å². The van der Waals surface area contributed by atoms with Crippen LogP contribution in [0.3, 0.4) is 0 Å². The summed E-state index contributed by atoms with van der Waals surface area (Å²) in [5, 5.41) is 7.91. The number of urea groups is 1.